The van der Waals surface area contributed by atoms with Crippen LogP contribution in [0.15, 0.2) is 12.4 Å². The molecule has 0 atom stereocenters. The van der Waals surface area contributed by atoms with Gasteiger partial charge in [0, 0.05) is 26.2 Å². The Morgan fingerprint density at radius 1 is 1.29 bits per heavy atom. The molecule has 1 N–H and O–H groups in total. The first-order chi connectivity index (χ1) is 9.93. The maximum absolute atomic E-state index is 12.6. The molecule has 0 saturated carbocycles. The smallest absolute Gasteiger partial charge is 0.274 e. The second-order valence-electron chi connectivity index (χ2n) is 5.77. The zero-order valence-electron chi connectivity index (χ0n) is 13.8. The first-order valence-electron chi connectivity index (χ1n) is 7.44. The van der Waals surface area contributed by atoms with Gasteiger partial charge in [-0.25, -0.2) is 4.98 Å². The van der Waals surface area contributed by atoms with Crippen LogP contribution in [-0.2, 0) is 0 Å². The fourth-order valence-corrected chi connectivity index (χ4v) is 1.93. The van der Waals surface area contributed by atoms with Gasteiger partial charge in [0.1, 0.15) is 11.5 Å². The van der Waals surface area contributed by atoms with Crippen LogP contribution in [0.1, 0.15) is 31.3 Å². The quantitative estimate of drug-likeness (QED) is 0.788. The number of carbonyl (C=O) groups excluding carboxylic acids is 1. The topological polar surface area (TPSA) is 61.4 Å². The highest BCUT2D eigenvalue weighted by molar-refractivity contribution is 5.92. The molecule has 0 unspecified atom stereocenters. The normalized spacial score (nSPS) is 11.0. The molecule has 0 aliphatic rings. The highest BCUT2D eigenvalue weighted by atomic mass is 16.2. The van der Waals surface area contributed by atoms with E-state index in [1.54, 1.807) is 6.20 Å². The van der Waals surface area contributed by atoms with Crippen molar-refractivity contribution in [2.75, 3.05) is 45.6 Å². The number of hydrogen-bond donors (Lipinski definition) is 1. The number of aromatic nitrogens is 2. The fraction of sp³-hybridized carbons (Fsp3) is 0.667. The third-order valence-corrected chi connectivity index (χ3v) is 2.90. The predicted molar refractivity (Wildman–Crippen MR) is 85.5 cm³/mol. The highest BCUT2D eigenvalue weighted by Gasteiger charge is 2.19. The maximum Gasteiger partial charge on any atom is 0.274 e. The standard InChI is InChI=1S/C15H27N5O/c1-6-17-14-10-16-9-13(18-14)15(21)20(11-12(2)3)8-7-19(4)5/h9-10,12H,6-8,11H2,1-5H3,(H,17,18). The monoisotopic (exact) mass is 293 g/mol. The minimum absolute atomic E-state index is 0.0576. The lowest BCUT2D eigenvalue weighted by atomic mass is 10.2. The molecule has 0 spiro atoms. The molecular formula is C15H27N5O. The molecule has 6 nitrogen and oxygen atoms in total. The summed E-state index contributed by atoms with van der Waals surface area (Å²) < 4.78 is 0. The van der Waals surface area contributed by atoms with Crippen LogP contribution in [0, 0.1) is 5.92 Å². The molecule has 118 valence electrons. The summed E-state index contributed by atoms with van der Waals surface area (Å²) in [5.74, 6) is 0.999. The van der Waals surface area contributed by atoms with Crippen molar-refractivity contribution in [1.29, 1.82) is 0 Å². The molecule has 0 saturated heterocycles. The van der Waals surface area contributed by atoms with Crippen LogP contribution in [0.3, 0.4) is 0 Å². The largest absolute Gasteiger partial charge is 0.369 e. The molecule has 0 aromatic carbocycles. The van der Waals surface area contributed by atoms with Crippen LogP contribution in [0.25, 0.3) is 0 Å². The number of anilines is 1. The molecule has 0 aliphatic heterocycles. The minimum Gasteiger partial charge on any atom is -0.369 e. The second kappa shape index (κ2) is 8.56. The van der Waals surface area contributed by atoms with Crippen molar-refractivity contribution in [3.63, 3.8) is 0 Å². The van der Waals surface area contributed by atoms with E-state index in [4.69, 9.17) is 0 Å². The Morgan fingerprint density at radius 2 is 2.00 bits per heavy atom. The van der Waals surface area contributed by atoms with Crippen LogP contribution < -0.4 is 5.32 Å². The Bertz CT molecular complexity index is 447. The van der Waals surface area contributed by atoms with E-state index < -0.39 is 0 Å². The Balaban J connectivity index is 2.85. The van der Waals surface area contributed by atoms with E-state index in [0.29, 0.717) is 24.0 Å². The van der Waals surface area contributed by atoms with Gasteiger partial charge in [0.25, 0.3) is 5.91 Å². The maximum atomic E-state index is 12.6. The summed E-state index contributed by atoms with van der Waals surface area (Å²) >= 11 is 0. The van der Waals surface area contributed by atoms with Gasteiger partial charge >= 0.3 is 0 Å². The summed E-state index contributed by atoms with van der Waals surface area (Å²) in [5.41, 5.74) is 0.396. The Morgan fingerprint density at radius 3 is 2.57 bits per heavy atom. The first-order valence-corrected chi connectivity index (χ1v) is 7.44. The first kappa shape index (κ1) is 17.4. The van der Waals surface area contributed by atoms with E-state index in [1.807, 2.05) is 25.9 Å². The summed E-state index contributed by atoms with van der Waals surface area (Å²) in [6.45, 7) is 9.20. The van der Waals surface area contributed by atoms with E-state index in [0.717, 1.165) is 19.6 Å². The fourth-order valence-electron chi connectivity index (χ4n) is 1.93. The van der Waals surface area contributed by atoms with Gasteiger partial charge in [-0.15, -0.1) is 0 Å². The molecule has 0 fully saturated rings. The minimum atomic E-state index is -0.0576. The molecule has 0 aliphatic carbocycles. The molecule has 1 aromatic rings. The summed E-state index contributed by atoms with van der Waals surface area (Å²) in [7, 11) is 4.01. The van der Waals surface area contributed by atoms with Crippen molar-refractivity contribution in [3.8, 4) is 0 Å². The number of likely N-dealkylation sites (N-methyl/N-ethyl adjacent to an activating group) is 1. The average Bonchev–Trinajstić information content (AvgIpc) is 2.43. The zero-order valence-corrected chi connectivity index (χ0v) is 13.8. The summed E-state index contributed by atoms with van der Waals surface area (Å²) in [4.78, 5) is 25.0. The van der Waals surface area contributed by atoms with Crippen LogP contribution in [0.2, 0.25) is 0 Å². The van der Waals surface area contributed by atoms with E-state index in [9.17, 15) is 4.79 Å². The molecule has 1 heterocycles. The van der Waals surface area contributed by atoms with E-state index >= 15 is 0 Å². The Kier molecular flexibility index (Phi) is 7.08. The lowest BCUT2D eigenvalue weighted by Crippen LogP contribution is -2.39. The highest BCUT2D eigenvalue weighted by Crippen LogP contribution is 2.08. The number of rotatable bonds is 8. The lowest BCUT2D eigenvalue weighted by Gasteiger charge is -2.25. The van der Waals surface area contributed by atoms with Crippen molar-refractivity contribution >= 4 is 11.7 Å². The predicted octanol–water partition coefficient (Wildman–Crippen LogP) is 1.57. The lowest BCUT2D eigenvalue weighted by molar-refractivity contribution is 0.0718. The van der Waals surface area contributed by atoms with E-state index in [1.165, 1.54) is 6.20 Å². The van der Waals surface area contributed by atoms with Crippen molar-refractivity contribution in [2.24, 2.45) is 5.92 Å². The number of amides is 1. The van der Waals surface area contributed by atoms with Gasteiger partial charge < -0.3 is 15.1 Å². The van der Waals surface area contributed by atoms with Gasteiger partial charge in [-0.1, -0.05) is 13.8 Å². The molecule has 0 radical (unpaired) electrons. The molecule has 1 aromatic heterocycles. The van der Waals surface area contributed by atoms with Gasteiger partial charge in [-0.3, -0.25) is 9.78 Å². The number of hydrogen-bond acceptors (Lipinski definition) is 5. The molecule has 1 amide bonds. The molecule has 1 rings (SSSR count). The molecule has 21 heavy (non-hydrogen) atoms. The van der Waals surface area contributed by atoms with Gasteiger partial charge in [-0.2, -0.15) is 0 Å². The Labute approximate surface area is 127 Å². The third-order valence-electron chi connectivity index (χ3n) is 2.90. The number of nitrogens with zero attached hydrogens (tertiary/aromatic N) is 4. The van der Waals surface area contributed by atoms with Crippen LogP contribution in [0.5, 0.6) is 0 Å². The second-order valence-corrected chi connectivity index (χ2v) is 5.77. The summed E-state index contributed by atoms with van der Waals surface area (Å²) in [5, 5.41) is 3.08. The van der Waals surface area contributed by atoms with Crippen molar-refractivity contribution in [3.05, 3.63) is 18.1 Å². The van der Waals surface area contributed by atoms with Gasteiger partial charge in [0.2, 0.25) is 0 Å². The van der Waals surface area contributed by atoms with Gasteiger partial charge in [-0.05, 0) is 26.9 Å². The van der Waals surface area contributed by atoms with Gasteiger partial charge in [0.15, 0.2) is 0 Å². The van der Waals surface area contributed by atoms with Crippen LogP contribution >= 0.6 is 0 Å². The molecular weight excluding hydrogens is 266 g/mol. The van der Waals surface area contributed by atoms with E-state index in [2.05, 4.69) is 34.0 Å². The Hall–Kier alpha value is -1.69. The van der Waals surface area contributed by atoms with Crippen LogP contribution in [0.4, 0.5) is 5.82 Å². The summed E-state index contributed by atoms with van der Waals surface area (Å²) in [6.07, 6.45) is 3.17. The van der Waals surface area contributed by atoms with Crippen LogP contribution in [-0.4, -0.2) is 65.9 Å². The van der Waals surface area contributed by atoms with Crippen molar-refractivity contribution in [1.82, 2.24) is 19.8 Å². The SMILES string of the molecule is CCNc1cncc(C(=O)N(CCN(C)C)CC(C)C)n1. The van der Waals surface area contributed by atoms with Crippen molar-refractivity contribution in [2.45, 2.75) is 20.8 Å². The summed E-state index contributed by atoms with van der Waals surface area (Å²) in [6, 6.07) is 0. The average molecular weight is 293 g/mol. The number of carbonyl (C=O) groups is 1. The molecule has 0 bridgehead atoms. The zero-order chi connectivity index (χ0) is 15.8. The van der Waals surface area contributed by atoms with E-state index in [-0.39, 0.29) is 5.91 Å². The van der Waals surface area contributed by atoms with Crippen molar-refractivity contribution < 1.29 is 4.79 Å². The third kappa shape index (κ3) is 6.08. The molecule has 6 heteroatoms. The van der Waals surface area contributed by atoms with Gasteiger partial charge in [0.05, 0.1) is 12.4 Å². The number of nitrogens with one attached hydrogen (secondary N) is 1.